The van der Waals surface area contributed by atoms with Gasteiger partial charge in [-0.3, -0.25) is 9.59 Å². The van der Waals surface area contributed by atoms with Crippen molar-refractivity contribution in [2.24, 2.45) is 0 Å². The van der Waals surface area contributed by atoms with Crippen LogP contribution < -0.4 is 5.56 Å². The zero-order valence-electron chi connectivity index (χ0n) is 11.7. The van der Waals surface area contributed by atoms with Crippen molar-refractivity contribution in [1.29, 1.82) is 0 Å². The average Bonchev–Trinajstić information content (AvgIpc) is 2.49. The molecule has 1 aliphatic carbocycles. The molecule has 0 bridgehead atoms. The predicted molar refractivity (Wildman–Crippen MR) is 80.3 cm³/mol. The minimum Gasteiger partial charge on any atom is -0.479 e. The maximum absolute atomic E-state index is 12.5. The molecule has 1 aromatic heterocycles. The highest BCUT2D eigenvalue weighted by molar-refractivity contribution is 9.10. The second-order valence-electron chi connectivity index (χ2n) is 5.33. The van der Waals surface area contributed by atoms with Gasteiger partial charge in [-0.05, 0) is 34.8 Å². The van der Waals surface area contributed by atoms with Crippen molar-refractivity contribution in [1.82, 2.24) is 9.88 Å². The highest BCUT2D eigenvalue weighted by Gasteiger charge is 2.45. The van der Waals surface area contributed by atoms with Crippen LogP contribution in [0, 0.1) is 0 Å². The summed E-state index contributed by atoms with van der Waals surface area (Å²) in [6.07, 6.45) is 4.79. The third kappa shape index (κ3) is 2.88. The van der Waals surface area contributed by atoms with Crippen molar-refractivity contribution in [3.05, 3.63) is 32.7 Å². The van der Waals surface area contributed by atoms with Crippen molar-refractivity contribution in [2.45, 2.75) is 37.6 Å². The average molecular weight is 357 g/mol. The molecular formula is C14H17BrN2O4. The molecule has 0 radical (unpaired) electrons. The normalized spacial score (nSPS) is 17.2. The summed E-state index contributed by atoms with van der Waals surface area (Å²) in [5, 5.41) is 9.59. The van der Waals surface area contributed by atoms with Crippen LogP contribution in [0.15, 0.2) is 21.5 Å². The number of halogens is 1. The summed E-state index contributed by atoms with van der Waals surface area (Å²) in [5.74, 6) is -1.38. The number of aromatic nitrogens is 1. The Morgan fingerprint density at radius 3 is 2.48 bits per heavy atom. The summed E-state index contributed by atoms with van der Waals surface area (Å²) < 4.78 is 0.245. The van der Waals surface area contributed by atoms with E-state index in [1.165, 1.54) is 24.2 Å². The molecule has 2 N–H and O–H groups in total. The number of H-pyrrole nitrogens is 1. The molecule has 0 aromatic carbocycles. The Hall–Kier alpha value is -1.63. The summed E-state index contributed by atoms with van der Waals surface area (Å²) >= 11 is 3.07. The van der Waals surface area contributed by atoms with Gasteiger partial charge in [0.15, 0.2) is 0 Å². The molecule has 0 saturated heterocycles. The van der Waals surface area contributed by atoms with Gasteiger partial charge in [-0.1, -0.05) is 19.3 Å². The van der Waals surface area contributed by atoms with Crippen LogP contribution in [0.5, 0.6) is 0 Å². The van der Waals surface area contributed by atoms with Gasteiger partial charge in [0.1, 0.15) is 5.54 Å². The molecule has 0 spiro atoms. The molecule has 1 saturated carbocycles. The van der Waals surface area contributed by atoms with Crippen LogP contribution in [0.25, 0.3) is 0 Å². The number of pyridine rings is 1. The van der Waals surface area contributed by atoms with Crippen molar-refractivity contribution in [3.63, 3.8) is 0 Å². The number of nitrogens with zero attached hydrogens (tertiary/aromatic N) is 1. The number of aromatic amines is 1. The molecule has 0 atom stereocenters. The highest BCUT2D eigenvalue weighted by atomic mass is 79.9. The van der Waals surface area contributed by atoms with E-state index in [0.29, 0.717) is 12.8 Å². The molecule has 114 valence electrons. The first-order valence-corrected chi connectivity index (χ1v) is 7.57. The molecule has 21 heavy (non-hydrogen) atoms. The van der Waals surface area contributed by atoms with E-state index in [9.17, 15) is 19.5 Å². The number of likely N-dealkylation sites (N-methyl/N-ethyl adjacent to an activating group) is 1. The largest absolute Gasteiger partial charge is 0.479 e. The van der Waals surface area contributed by atoms with Gasteiger partial charge in [0.2, 0.25) is 0 Å². The number of carboxylic acid groups (broad SMARTS) is 1. The number of hydrogen-bond acceptors (Lipinski definition) is 3. The first-order valence-electron chi connectivity index (χ1n) is 6.78. The lowest BCUT2D eigenvalue weighted by molar-refractivity contribution is -0.151. The van der Waals surface area contributed by atoms with Crippen molar-refractivity contribution in [3.8, 4) is 0 Å². The monoisotopic (exact) mass is 356 g/mol. The van der Waals surface area contributed by atoms with Gasteiger partial charge in [-0.15, -0.1) is 0 Å². The van der Waals surface area contributed by atoms with Gasteiger partial charge in [0.25, 0.3) is 11.5 Å². The quantitative estimate of drug-likeness (QED) is 0.866. The number of hydrogen-bond donors (Lipinski definition) is 2. The van der Waals surface area contributed by atoms with E-state index < -0.39 is 17.4 Å². The van der Waals surface area contributed by atoms with E-state index in [1.54, 1.807) is 0 Å². The van der Waals surface area contributed by atoms with E-state index in [-0.39, 0.29) is 15.6 Å². The van der Waals surface area contributed by atoms with Crippen molar-refractivity contribution < 1.29 is 14.7 Å². The second kappa shape index (κ2) is 6.01. The smallest absolute Gasteiger partial charge is 0.329 e. The number of rotatable bonds is 3. The molecule has 2 rings (SSSR count). The molecule has 0 unspecified atom stereocenters. The number of amides is 1. The van der Waals surface area contributed by atoms with Crippen LogP contribution in [0.2, 0.25) is 0 Å². The first kappa shape index (κ1) is 15.8. The number of carbonyl (C=O) groups is 2. The van der Waals surface area contributed by atoms with Gasteiger partial charge in [0, 0.05) is 13.2 Å². The van der Waals surface area contributed by atoms with Gasteiger partial charge in [0.05, 0.1) is 10.0 Å². The summed E-state index contributed by atoms with van der Waals surface area (Å²) in [6.45, 7) is 0. The Kier molecular flexibility index (Phi) is 4.51. The highest BCUT2D eigenvalue weighted by Crippen LogP contribution is 2.34. The van der Waals surface area contributed by atoms with Crippen molar-refractivity contribution >= 4 is 27.8 Å². The Bertz CT molecular complexity index is 620. The van der Waals surface area contributed by atoms with Crippen LogP contribution in [0.4, 0.5) is 0 Å². The molecule has 1 fully saturated rings. The number of carbonyl (C=O) groups excluding carboxylic acids is 1. The fourth-order valence-electron chi connectivity index (χ4n) is 2.80. The Morgan fingerprint density at radius 1 is 1.33 bits per heavy atom. The number of aliphatic carboxylic acids is 1. The number of nitrogens with one attached hydrogen (secondary N) is 1. The lowest BCUT2D eigenvalue weighted by atomic mass is 9.80. The van der Waals surface area contributed by atoms with Crippen LogP contribution in [-0.4, -0.2) is 39.5 Å². The molecule has 1 heterocycles. The SMILES string of the molecule is CN(C(=O)c1c[nH]c(=O)c(Br)c1)C1(C(=O)O)CCCCC1. The lowest BCUT2D eigenvalue weighted by Gasteiger charge is -2.41. The zero-order valence-corrected chi connectivity index (χ0v) is 13.3. The minimum absolute atomic E-state index is 0.245. The number of carboxylic acids is 1. The summed E-state index contributed by atoms with van der Waals surface area (Å²) in [7, 11) is 1.51. The Morgan fingerprint density at radius 2 is 1.95 bits per heavy atom. The standard InChI is InChI=1S/C14H17BrN2O4/c1-17(14(13(20)21)5-3-2-4-6-14)12(19)9-7-10(15)11(18)16-8-9/h7-8H,2-6H2,1H3,(H,16,18)(H,20,21). The minimum atomic E-state index is -1.15. The second-order valence-corrected chi connectivity index (χ2v) is 6.18. The van der Waals surface area contributed by atoms with E-state index in [0.717, 1.165) is 19.3 Å². The summed E-state index contributed by atoms with van der Waals surface area (Å²) in [5.41, 5.74) is -1.23. The predicted octanol–water partition coefficient (Wildman–Crippen LogP) is 2.00. The zero-order chi connectivity index (χ0) is 15.6. The van der Waals surface area contributed by atoms with Gasteiger partial charge >= 0.3 is 5.97 Å². The fraction of sp³-hybridized carbons (Fsp3) is 0.500. The molecule has 1 aliphatic rings. The van der Waals surface area contributed by atoms with E-state index >= 15 is 0 Å². The fourth-order valence-corrected chi connectivity index (χ4v) is 3.16. The van der Waals surface area contributed by atoms with Crippen molar-refractivity contribution in [2.75, 3.05) is 7.05 Å². The summed E-state index contributed by atoms with van der Waals surface area (Å²) in [6, 6.07) is 1.41. The van der Waals surface area contributed by atoms with E-state index in [2.05, 4.69) is 20.9 Å². The van der Waals surface area contributed by atoms with E-state index in [1.807, 2.05) is 0 Å². The molecular weight excluding hydrogens is 340 g/mol. The van der Waals surface area contributed by atoms with Gasteiger partial charge in [-0.2, -0.15) is 0 Å². The van der Waals surface area contributed by atoms with Crippen LogP contribution in [-0.2, 0) is 4.79 Å². The third-order valence-electron chi connectivity index (χ3n) is 4.13. The molecule has 1 amide bonds. The molecule has 1 aromatic rings. The third-order valence-corrected chi connectivity index (χ3v) is 4.72. The van der Waals surface area contributed by atoms with Crippen LogP contribution >= 0.6 is 15.9 Å². The van der Waals surface area contributed by atoms with Gasteiger partial charge < -0.3 is 15.0 Å². The van der Waals surface area contributed by atoms with E-state index in [4.69, 9.17) is 0 Å². The first-order chi connectivity index (χ1) is 9.88. The maximum atomic E-state index is 12.5. The van der Waals surface area contributed by atoms with Gasteiger partial charge in [-0.25, -0.2) is 4.79 Å². The molecule has 0 aliphatic heterocycles. The van der Waals surface area contributed by atoms with Crippen LogP contribution in [0.3, 0.4) is 0 Å². The topological polar surface area (TPSA) is 90.5 Å². The Balaban J connectivity index is 2.34. The maximum Gasteiger partial charge on any atom is 0.329 e. The Labute approximate surface area is 130 Å². The molecule has 7 heteroatoms. The summed E-state index contributed by atoms with van der Waals surface area (Å²) in [4.78, 5) is 39.3. The van der Waals surface area contributed by atoms with Crippen LogP contribution in [0.1, 0.15) is 42.5 Å². The molecule has 6 nitrogen and oxygen atoms in total. The lowest BCUT2D eigenvalue weighted by Crippen LogP contribution is -2.56.